The van der Waals surface area contributed by atoms with Crippen LogP contribution in [0.15, 0.2) is 72.1 Å². The van der Waals surface area contributed by atoms with Crippen molar-refractivity contribution in [2.75, 3.05) is 11.9 Å². The first kappa shape index (κ1) is 23.2. The number of aromatic nitrogens is 2. The highest BCUT2D eigenvalue weighted by molar-refractivity contribution is 7.13. The predicted molar refractivity (Wildman–Crippen MR) is 122 cm³/mol. The van der Waals surface area contributed by atoms with E-state index in [0.717, 1.165) is 6.07 Å². The first-order chi connectivity index (χ1) is 16.3. The van der Waals surface area contributed by atoms with E-state index in [1.54, 1.807) is 48.7 Å². The SMILES string of the molecule is CCOC(=O)c1ccc(NC(=O)c2ccc(-n3nc(C(F)(F)F)cc3-c3cccs3)cc2)cc1. The molecule has 0 saturated heterocycles. The van der Waals surface area contributed by atoms with E-state index in [2.05, 4.69) is 10.4 Å². The number of anilines is 1. The number of hydrogen-bond acceptors (Lipinski definition) is 5. The number of carbonyl (C=O) groups excluding carboxylic acids is 2. The minimum atomic E-state index is -4.58. The van der Waals surface area contributed by atoms with Gasteiger partial charge in [-0.2, -0.15) is 18.3 Å². The zero-order valence-corrected chi connectivity index (χ0v) is 18.6. The van der Waals surface area contributed by atoms with E-state index in [9.17, 15) is 22.8 Å². The molecule has 0 spiro atoms. The van der Waals surface area contributed by atoms with Gasteiger partial charge in [-0.3, -0.25) is 4.79 Å². The summed E-state index contributed by atoms with van der Waals surface area (Å²) < 4.78 is 46.0. The maximum Gasteiger partial charge on any atom is 0.435 e. The second-order valence-corrected chi connectivity index (χ2v) is 8.05. The van der Waals surface area contributed by atoms with Gasteiger partial charge in [0.15, 0.2) is 5.69 Å². The lowest BCUT2D eigenvalue weighted by molar-refractivity contribution is -0.141. The Labute approximate surface area is 196 Å². The third kappa shape index (κ3) is 5.01. The van der Waals surface area contributed by atoms with Gasteiger partial charge in [-0.05, 0) is 73.0 Å². The first-order valence-corrected chi connectivity index (χ1v) is 11.0. The Balaban J connectivity index is 1.54. The minimum Gasteiger partial charge on any atom is -0.462 e. The normalized spacial score (nSPS) is 11.3. The van der Waals surface area contributed by atoms with Crippen molar-refractivity contribution in [1.82, 2.24) is 9.78 Å². The lowest BCUT2D eigenvalue weighted by atomic mass is 10.1. The lowest BCUT2D eigenvalue weighted by Gasteiger charge is -2.09. The number of thiophene rings is 1. The van der Waals surface area contributed by atoms with Crippen molar-refractivity contribution in [1.29, 1.82) is 0 Å². The van der Waals surface area contributed by atoms with Crippen LogP contribution in [0.25, 0.3) is 16.3 Å². The van der Waals surface area contributed by atoms with E-state index in [4.69, 9.17) is 4.74 Å². The Morgan fingerprint density at radius 3 is 2.29 bits per heavy atom. The number of hydrogen-bond donors (Lipinski definition) is 1. The van der Waals surface area contributed by atoms with Crippen LogP contribution in [0.2, 0.25) is 0 Å². The Kier molecular flexibility index (Phi) is 6.51. The largest absolute Gasteiger partial charge is 0.462 e. The van der Waals surface area contributed by atoms with Crippen LogP contribution in [-0.2, 0) is 10.9 Å². The molecule has 0 unspecified atom stereocenters. The number of nitrogens with zero attached hydrogens (tertiary/aromatic N) is 2. The number of halogens is 3. The summed E-state index contributed by atoms with van der Waals surface area (Å²) in [5, 5.41) is 8.23. The van der Waals surface area contributed by atoms with Gasteiger partial charge < -0.3 is 10.1 Å². The minimum absolute atomic E-state index is 0.262. The number of carbonyl (C=O) groups is 2. The first-order valence-electron chi connectivity index (χ1n) is 10.2. The molecular formula is C24H18F3N3O3S. The monoisotopic (exact) mass is 485 g/mol. The Hall–Kier alpha value is -3.92. The smallest absolute Gasteiger partial charge is 0.435 e. The average Bonchev–Trinajstić information content (AvgIpc) is 3.50. The summed E-state index contributed by atoms with van der Waals surface area (Å²) >= 11 is 1.30. The zero-order chi connectivity index (χ0) is 24.3. The molecule has 2 aromatic carbocycles. The van der Waals surface area contributed by atoms with E-state index < -0.39 is 23.7 Å². The summed E-state index contributed by atoms with van der Waals surface area (Å²) in [7, 11) is 0. The van der Waals surface area contributed by atoms with E-state index in [-0.39, 0.29) is 6.61 Å². The van der Waals surface area contributed by atoms with Crippen LogP contribution in [0.4, 0.5) is 18.9 Å². The third-order valence-electron chi connectivity index (χ3n) is 4.80. The average molecular weight is 485 g/mol. The van der Waals surface area contributed by atoms with Crippen LogP contribution in [0.1, 0.15) is 33.3 Å². The van der Waals surface area contributed by atoms with Crippen LogP contribution in [0.3, 0.4) is 0 Å². The number of esters is 1. The van der Waals surface area contributed by atoms with Crippen molar-refractivity contribution in [2.45, 2.75) is 13.1 Å². The van der Waals surface area contributed by atoms with Gasteiger partial charge in [0.2, 0.25) is 0 Å². The van der Waals surface area contributed by atoms with Crippen LogP contribution in [-0.4, -0.2) is 28.3 Å². The Bertz CT molecular complexity index is 1300. The van der Waals surface area contributed by atoms with Crippen molar-refractivity contribution >= 4 is 28.9 Å². The van der Waals surface area contributed by atoms with Crippen LogP contribution < -0.4 is 5.32 Å². The van der Waals surface area contributed by atoms with Crippen molar-refractivity contribution < 1.29 is 27.5 Å². The standard InChI is InChI=1S/C24H18F3N3O3S/c1-2-33-23(32)16-5-9-17(10-6-16)28-22(31)15-7-11-18(12-8-15)30-19(20-4-3-13-34-20)14-21(29-30)24(25,26)27/h3-14H,2H2,1H3,(H,28,31). The third-order valence-corrected chi connectivity index (χ3v) is 5.69. The molecule has 4 aromatic rings. The molecule has 0 aliphatic rings. The van der Waals surface area contributed by atoms with Gasteiger partial charge >= 0.3 is 12.1 Å². The molecule has 0 aliphatic carbocycles. The molecule has 1 amide bonds. The Morgan fingerprint density at radius 2 is 1.71 bits per heavy atom. The highest BCUT2D eigenvalue weighted by Crippen LogP contribution is 2.34. The second kappa shape index (κ2) is 9.52. The number of ether oxygens (including phenoxy) is 1. The second-order valence-electron chi connectivity index (χ2n) is 7.10. The van der Waals surface area contributed by atoms with Crippen LogP contribution in [0.5, 0.6) is 0 Å². The van der Waals surface area contributed by atoms with Gasteiger partial charge in [0.1, 0.15) is 0 Å². The van der Waals surface area contributed by atoms with Gasteiger partial charge in [0.05, 0.1) is 28.4 Å². The van der Waals surface area contributed by atoms with Gasteiger partial charge in [-0.25, -0.2) is 9.48 Å². The maximum absolute atomic E-state index is 13.3. The summed E-state index contributed by atoms with van der Waals surface area (Å²) in [6.07, 6.45) is -4.58. The number of alkyl halides is 3. The fraction of sp³-hybridized carbons (Fsp3) is 0.125. The van der Waals surface area contributed by atoms with Crippen molar-refractivity contribution in [3.8, 4) is 16.3 Å². The fourth-order valence-corrected chi connectivity index (χ4v) is 3.90. The number of nitrogens with one attached hydrogen (secondary N) is 1. The van der Waals surface area contributed by atoms with Gasteiger partial charge in [0, 0.05) is 11.3 Å². The van der Waals surface area contributed by atoms with E-state index in [1.807, 2.05) is 0 Å². The molecule has 4 rings (SSSR count). The van der Waals surface area contributed by atoms with Crippen molar-refractivity contribution in [2.24, 2.45) is 0 Å². The summed E-state index contributed by atoms with van der Waals surface area (Å²) in [5.41, 5.74) is 0.839. The summed E-state index contributed by atoms with van der Waals surface area (Å²) in [4.78, 5) is 25.0. The van der Waals surface area contributed by atoms with Crippen LogP contribution >= 0.6 is 11.3 Å². The molecule has 0 saturated carbocycles. The molecule has 10 heteroatoms. The summed E-state index contributed by atoms with van der Waals surface area (Å²) in [5.74, 6) is -0.865. The van der Waals surface area contributed by atoms with Crippen molar-refractivity contribution in [3.05, 3.63) is 88.9 Å². The molecule has 0 bridgehead atoms. The maximum atomic E-state index is 13.3. The zero-order valence-electron chi connectivity index (χ0n) is 17.8. The molecule has 174 valence electrons. The number of amides is 1. The molecule has 0 radical (unpaired) electrons. The van der Waals surface area contributed by atoms with Crippen molar-refractivity contribution in [3.63, 3.8) is 0 Å². The predicted octanol–water partition coefficient (Wildman–Crippen LogP) is 6.05. The molecule has 1 N–H and O–H groups in total. The quantitative estimate of drug-likeness (QED) is 0.338. The fourth-order valence-electron chi connectivity index (χ4n) is 3.18. The molecule has 0 aliphatic heterocycles. The molecule has 2 heterocycles. The molecule has 6 nitrogen and oxygen atoms in total. The molecule has 34 heavy (non-hydrogen) atoms. The Morgan fingerprint density at radius 1 is 1.03 bits per heavy atom. The highest BCUT2D eigenvalue weighted by Gasteiger charge is 2.35. The van der Waals surface area contributed by atoms with E-state index in [1.165, 1.54) is 40.3 Å². The lowest BCUT2D eigenvalue weighted by Crippen LogP contribution is -2.12. The van der Waals surface area contributed by atoms with E-state index in [0.29, 0.717) is 33.1 Å². The number of rotatable bonds is 6. The summed E-state index contributed by atoms with van der Waals surface area (Å²) in [6.45, 7) is 1.97. The number of benzene rings is 2. The molecule has 0 fully saturated rings. The molecule has 0 atom stereocenters. The van der Waals surface area contributed by atoms with Crippen LogP contribution in [0, 0.1) is 0 Å². The van der Waals surface area contributed by atoms with E-state index >= 15 is 0 Å². The molecular weight excluding hydrogens is 467 g/mol. The van der Waals surface area contributed by atoms with Gasteiger partial charge in [0.25, 0.3) is 5.91 Å². The molecule has 2 aromatic heterocycles. The highest BCUT2D eigenvalue weighted by atomic mass is 32.1. The topological polar surface area (TPSA) is 73.2 Å². The van der Waals surface area contributed by atoms with Gasteiger partial charge in [-0.1, -0.05) is 6.07 Å². The van der Waals surface area contributed by atoms with Gasteiger partial charge in [-0.15, -0.1) is 11.3 Å². The summed E-state index contributed by atoms with van der Waals surface area (Å²) in [6, 6.07) is 16.8.